The molecule has 0 saturated heterocycles. The molecule has 0 aromatic rings. The highest BCUT2D eigenvalue weighted by molar-refractivity contribution is 5.57. The first-order valence-corrected chi connectivity index (χ1v) is 3.66. The number of hydrogen-bond donors (Lipinski definition) is 0. The third-order valence-corrected chi connectivity index (χ3v) is 1.78. The first-order valence-electron chi connectivity index (χ1n) is 3.66. The van der Waals surface area contributed by atoms with Gasteiger partial charge in [0.05, 0.1) is 0 Å². The van der Waals surface area contributed by atoms with Crippen molar-refractivity contribution in [3.05, 3.63) is 0 Å². The molecule has 0 bridgehead atoms. The SMILES string of the molecule is C=N/N=C/CC(C)C(C)C. The molecule has 10 heavy (non-hydrogen) atoms. The van der Waals surface area contributed by atoms with E-state index in [1.807, 2.05) is 6.21 Å². The Labute approximate surface area is 63.1 Å². The second-order valence-corrected chi connectivity index (χ2v) is 2.90. The van der Waals surface area contributed by atoms with Crippen molar-refractivity contribution in [1.82, 2.24) is 0 Å². The highest BCUT2D eigenvalue weighted by Gasteiger charge is 2.03. The Morgan fingerprint density at radius 3 is 2.40 bits per heavy atom. The molecule has 2 heteroatoms. The molecule has 1 unspecified atom stereocenters. The van der Waals surface area contributed by atoms with Crippen LogP contribution in [0.2, 0.25) is 0 Å². The zero-order valence-corrected chi connectivity index (χ0v) is 7.04. The molecule has 0 aromatic carbocycles. The van der Waals surface area contributed by atoms with Gasteiger partial charge in [-0.25, -0.2) is 0 Å². The highest BCUT2D eigenvalue weighted by atomic mass is 15.2. The molecular formula is C8H16N2. The summed E-state index contributed by atoms with van der Waals surface area (Å²) in [7, 11) is 0. The summed E-state index contributed by atoms with van der Waals surface area (Å²) < 4.78 is 0. The molecule has 0 radical (unpaired) electrons. The van der Waals surface area contributed by atoms with Crippen LogP contribution in [0.25, 0.3) is 0 Å². The van der Waals surface area contributed by atoms with E-state index in [1.54, 1.807) is 0 Å². The summed E-state index contributed by atoms with van der Waals surface area (Å²) in [6, 6.07) is 0. The summed E-state index contributed by atoms with van der Waals surface area (Å²) >= 11 is 0. The van der Waals surface area contributed by atoms with Crippen molar-refractivity contribution in [2.24, 2.45) is 22.0 Å². The Balaban J connectivity index is 3.48. The van der Waals surface area contributed by atoms with Gasteiger partial charge in [0.25, 0.3) is 0 Å². The largest absolute Gasteiger partial charge is 0.167 e. The van der Waals surface area contributed by atoms with Crippen LogP contribution in [0.15, 0.2) is 10.2 Å². The smallest absolute Gasteiger partial charge is 0.0272 e. The van der Waals surface area contributed by atoms with Crippen LogP contribution in [0.4, 0.5) is 0 Å². The second kappa shape index (κ2) is 5.15. The standard InChI is InChI=1S/C8H16N2/c1-7(2)8(3)5-6-10-9-4/h6-8H,4-5H2,1-3H3/b10-6+. The minimum atomic E-state index is 0.686. The molecule has 0 N–H and O–H groups in total. The van der Waals surface area contributed by atoms with Crippen LogP contribution in [0, 0.1) is 11.8 Å². The highest BCUT2D eigenvalue weighted by Crippen LogP contribution is 2.11. The van der Waals surface area contributed by atoms with Gasteiger partial charge in [-0.2, -0.15) is 10.2 Å². The van der Waals surface area contributed by atoms with Gasteiger partial charge < -0.3 is 0 Å². The van der Waals surface area contributed by atoms with Gasteiger partial charge in [0.1, 0.15) is 0 Å². The molecule has 0 aromatic heterocycles. The summed E-state index contributed by atoms with van der Waals surface area (Å²) in [5.74, 6) is 1.40. The normalized spacial score (nSPS) is 14.4. The molecule has 2 nitrogen and oxygen atoms in total. The van der Waals surface area contributed by atoms with Crippen molar-refractivity contribution in [3.8, 4) is 0 Å². The van der Waals surface area contributed by atoms with Gasteiger partial charge in [0.2, 0.25) is 0 Å². The van der Waals surface area contributed by atoms with Crippen molar-refractivity contribution < 1.29 is 0 Å². The number of nitrogens with zero attached hydrogens (tertiary/aromatic N) is 2. The summed E-state index contributed by atoms with van der Waals surface area (Å²) in [6.45, 7) is 9.88. The molecule has 0 spiro atoms. The summed E-state index contributed by atoms with van der Waals surface area (Å²) in [6.07, 6.45) is 2.81. The quantitative estimate of drug-likeness (QED) is 0.423. The van der Waals surface area contributed by atoms with Crippen molar-refractivity contribution in [1.29, 1.82) is 0 Å². The van der Waals surface area contributed by atoms with Gasteiger partial charge in [-0.05, 0) is 18.3 Å². The predicted molar refractivity (Wildman–Crippen MR) is 46.7 cm³/mol. The summed E-state index contributed by atoms with van der Waals surface area (Å²) in [5.41, 5.74) is 0. The Bertz CT molecular complexity index is 116. The zero-order chi connectivity index (χ0) is 7.98. The Hall–Kier alpha value is -0.660. The molecule has 58 valence electrons. The van der Waals surface area contributed by atoms with Gasteiger partial charge in [0, 0.05) is 12.9 Å². The maximum Gasteiger partial charge on any atom is 0.0272 e. The van der Waals surface area contributed by atoms with E-state index in [1.165, 1.54) is 0 Å². The molecule has 0 rings (SSSR count). The molecule has 0 aliphatic heterocycles. The van der Waals surface area contributed by atoms with Crippen LogP contribution < -0.4 is 0 Å². The first-order chi connectivity index (χ1) is 4.68. The average Bonchev–Trinajstić information content (AvgIpc) is 1.88. The fourth-order valence-electron chi connectivity index (χ4n) is 0.543. The molecule has 0 heterocycles. The molecule has 0 aliphatic rings. The van der Waals surface area contributed by atoms with Crippen molar-refractivity contribution in [3.63, 3.8) is 0 Å². The van der Waals surface area contributed by atoms with Crippen LogP contribution in [-0.4, -0.2) is 12.9 Å². The molecule has 0 aliphatic carbocycles. The lowest BCUT2D eigenvalue weighted by Crippen LogP contribution is -2.03. The number of hydrogen-bond acceptors (Lipinski definition) is 2. The Morgan fingerprint density at radius 2 is 2.00 bits per heavy atom. The third-order valence-electron chi connectivity index (χ3n) is 1.78. The minimum Gasteiger partial charge on any atom is -0.167 e. The molecular weight excluding hydrogens is 124 g/mol. The van der Waals surface area contributed by atoms with Crippen LogP contribution in [0.1, 0.15) is 27.2 Å². The zero-order valence-electron chi connectivity index (χ0n) is 7.04. The first kappa shape index (κ1) is 9.34. The van der Waals surface area contributed by atoms with E-state index in [2.05, 4.69) is 37.7 Å². The van der Waals surface area contributed by atoms with E-state index in [4.69, 9.17) is 0 Å². The molecule has 0 amide bonds. The lowest BCUT2D eigenvalue weighted by atomic mass is 9.95. The molecule has 0 fully saturated rings. The van der Waals surface area contributed by atoms with Gasteiger partial charge in [0.15, 0.2) is 0 Å². The van der Waals surface area contributed by atoms with E-state index in [9.17, 15) is 0 Å². The lowest BCUT2D eigenvalue weighted by molar-refractivity contribution is 0.436. The van der Waals surface area contributed by atoms with E-state index >= 15 is 0 Å². The van der Waals surface area contributed by atoms with E-state index in [0.29, 0.717) is 5.92 Å². The minimum absolute atomic E-state index is 0.686. The number of rotatable bonds is 4. The van der Waals surface area contributed by atoms with Crippen molar-refractivity contribution in [2.45, 2.75) is 27.2 Å². The molecule has 0 saturated carbocycles. The van der Waals surface area contributed by atoms with Gasteiger partial charge in [-0.15, -0.1) is 0 Å². The lowest BCUT2D eigenvalue weighted by Gasteiger charge is -2.10. The molecule has 1 atom stereocenters. The van der Waals surface area contributed by atoms with E-state index < -0.39 is 0 Å². The van der Waals surface area contributed by atoms with Crippen LogP contribution in [0.3, 0.4) is 0 Å². The van der Waals surface area contributed by atoms with E-state index in [-0.39, 0.29) is 0 Å². The monoisotopic (exact) mass is 140 g/mol. The maximum atomic E-state index is 3.68. The third kappa shape index (κ3) is 4.24. The Morgan fingerprint density at radius 1 is 1.40 bits per heavy atom. The van der Waals surface area contributed by atoms with Crippen LogP contribution in [0.5, 0.6) is 0 Å². The topological polar surface area (TPSA) is 24.7 Å². The maximum absolute atomic E-state index is 3.68. The predicted octanol–water partition coefficient (Wildman–Crippen LogP) is 2.36. The van der Waals surface area contributed by atoms with Gasteiger partial charge in [-0.3, -0.25) is 0 Å². The fraction of sp³-hybridized carbons (Fsp3) is 0.750. The van der Waals surface area contributed by atoms with Crippen molar-refractivity contribution in [2.75, 3.05) is 0 Å². The summed E-state index contributed by atoms with van der Waals surface area (Å²) in [5, 5.41) is 7.07. The average molecular weight is 140 g/mol. The van der Waals surface area contributed by atoms with Gasteiger partial charge in [-0.1, -0.05) is 20.8 Å². The van der Waals surface area contributed by atoms with Crippen molar-refractivity contribution >= 4 is 12.9 Å². The van der Waals surface area contributed by atoms with Crippen LogP contribution in [-0.2, 0) is 0 Å². The van der Waals surface area contributed by atoms with E-state index in [0.717, 1.165) is 12.3 Å². The van der Waals surface area contributed by atoms with Gasteiger partial charge >= 0.3 is 0 Å². The summed E-state index contributed by atoms with van der Waals surface area (Å²) in [4.78, 5) is 0. The Kier molecular flexibility index (Phi) is 4.81. The fourth-order valence-corrected chi connectivity index (χ4v) is 0.543. The second-order valence-electron chi connectivity index (χ2n) is 2.90. The van der Waals surface area contributed by atoms with Crippen LogP contribution >= 0.6 is 0 Å².